The Labute approximate surface area is 148 Å². The highest BCUT2D eigenvalue weighted by Gasteiger charge is 2.21. The first-order valence-corrected chi connectivity index (χ1v) is 8.40. The van der Waals surface area contributed by atoms with Gasteiger partial charge < -0.3 is 15.0 Å². The van der Waals surface area contributed by atoms with Gasteiger partial charge in [-0.1, -0.05) is 0 Å². The summed E-state index contributed by atoms with van der Waals surface area (Å²) >= 11 is 0. The molecule has 26 heavy (non-hydrogen) atoms. The Morgan fingerprint density at radius 3 is 2.85 bits per heavy atom. The van der Waals surface area contributed by atoms with E-state index in [1.54, 1.807) is 24.4 Å². The third-order valence-corrected chi connectivity index (χ3v) is 4.63. The summed E-state index contributed by atoms with van der Waals surface area (Å²) in [6.07, 6.45) is 4.28. The molecule has 0 saturated carbocycles. The van der Waals surface area contributed by atoms with Crippen LogP contribution in [0.25, 0.3) is 21.5 Å². The van der Waals surface area contributed by atoms with Crippen LogP contribution in [-0.4, -0.2) is 34.3 Å². The monoisotopic (exact) mass is 351 g/mol. The largest absolute Gasteiger partial charge is 0.475 e. The zero-order valence-electron chi connectivity index (χ0n) is 14.2. The molecule has 1 aliphatic heterocycles. The van der Waals surface area contributed by atoms with Gasteiger partial charge in [0, 0.05) is 40.5 Å². The predicted molar refractivity (Wildman–Crippen MR) is 96.5 cm³/mol. The van der Waals surface area contributed by atoms with Gasteiger partial charge in [0.15, 0.2) is 5.78 Å². The number of fused-ring (bicyclic) bond motifs is 2. The smallest absolute Gasteiger partial charge is 0.255 e. The number of carbonyl (C=O) groups excluding carboxylic acids is 2. The van der Waals surface area contributed by atoms with Gasteiger partial charge in [-0.2, -0.15) is 0 Å². The molecule has 0 bridgehead atoms. The maximum absolute atomic E-state index is 12.2. The molecule has 1 saturated heterocycles. The fourth-order valence-corrected chi connectivity index (χ4v) is 3.29. The summed E-state index contributed by atoms with van der Waals surface area (Å²) in [4.78, 5) is 42.3. The van der Waals surface area contributed by atoms with Crippen LogP contribution in [0.1, 0.15) is 30.1 Å². The van der Waals surface area contributed by atoms with Crippen LogP contribution in [0.3, 0.4) is 0 Å². The molecule has 1 aliphatic rings. The number of pyridine rings is 2. The van der Waals surface area contributed by atoms with Crippen LogP contribution < -0.4 is 15.6 Å². The summed E-state index contributed by atoms with van der Waals surface area (Å²) in [7, 11) is 0. The molecule has 3 heterocycles. The number of nitrogens with one attached hydrogen (secondary N) is 2. The van der Waals surface area contributed by atoms with Gasteiger partial charge in [0.05, 0.1) is 6.04 Å². The number of rotatable bonds is 4. The van der Waals surface area contributed by atoms with Gasteiger partial charge >= 0.3 is 0 Å². The Morgan fingerprint density at radius 2 is 2.12 bits per heavy atom. The van der Waals surface area contributed by atoms with E-state index in [2.05, 4.69) is 15.3 Å². The number of hydrogen-bond donors (Lipinski definition) is 2. The number of carbonyl (C=O) groups is 2. The van der Waals surface area contributed by atoms with Gasteiger partial charge in [0.1, 0.15) is 6.61 Å². The quantitative estimate of drug-likeness (QED) is 0.552. The standard InChI is InChI=1S/C19H17N3O4/c1-10(23)16-8-21-18(25)15-6-11-4-5-20-19(13(11)7-14(15)16)26-9-12-2-3-17(24)22-12/h4-8,12H,2-3,9H2,1H3,(H,21,25)(H,22,24)/t12-/m0/s1. The van der Waals surface area contributed by atoms with Crippen molar-refractivity contribution in [3.63, 3.8) is 0 Å². The number of aromatic nitrogens is 2. The highest BCUT2D eigenvalue weighted by atomic mass is 16.5. The summed E-state index contributed by atoms with van der Waals surface area (Å²) in [5.41, 5.74) is 0.194. The van der Waals surface area contributed by atoms with Crippen molar-refractivity contribution in [1.29, 1.82) is 0 Å². The topological polar surface area (TPSA) is 101 Å². The number of ether oxygens (including phenoxy) is 1. The number of amides is 1. The van der Waals surface area contributed by atoms with Crippen molar-refractivity contribution < 1.29 is 14.3 Å². The van der Waals surface area contributed by atoms with Crippen molar-refractivity contribution in [2.75, 3.05) is 6.61 Å². The average Bonchev–Trinajstić information content (AvgIpc) is 3.04. The molecule has 0 spiro atoms. The third kappa shape index (κ3) is 2.81. The van der Waals surface area contributed by atoms with E-state index < -0.39 is 0 Å². The van der Waals surface area contributed by atoms with E-state index in [1.165, 1.54) is 13.1 Å². The van der Waals surface area contributed by atoms with Crippen molar-refractivity contribution in [2.24, 2.45) is 0 Å². The Balaban J connectivity index is 1.80. The van der Waals surface area contributed by atoms with E-state index in [0.717, 1.165) is 17.2 Å². The van der Waals surface area contributed by atoms with Crippen LogP contribution in [0.5, 0.6) is 5.88 Å². The summed E-state index contributed by atoms with van der Waals surface area (Å²) in [5, 5.41) is 5.39. The average molecular weight is 351 g/mol. The molecule has 1 atom stereocenters. The molecule has 1 aromatic carbocycles. The van der Waals surface area contributed by atoms with E-state index >= 15 is 0 Å². The van der Waals surface area contributed by atoms with Crippen LogP contribution in [0.4, 0.5) is 0 Å². The minimum atomic E-state index is -0.250. The van der Waals surface area contributed by atoms with E-state index in [1.807, 2.05) is 0 Å². The molecule has 2 aromatic heterocycles. The molecule has 132 valence electrons. The lowest BCUT2D eigenvalue weighted by Crippen LogP contribution is -2.31. The van der Waals surface area contributed by atoms with E-state index in [4.69, 9.17) is 4.74 Å². The third-order valence-electron chi connectivity index (χ3n) is 4.63. The Kier molecular flexibility index (Phi) is 3.91. The minimum absolute atomic E-state index is 0.0285. The lowest BCUT2D eigenvalue weighted by Gasteiger charge is -2.13. The van der Waals surface area contributed by atoms with Crippen LogP contribution in [0, 0.1) is 0 Å². The van der Waals surface area contributed by atoms with Crippen molar-refractivity contribution in [3.05, 3.63) is 46.5 Å². The van der Waals surface area contributed by atoms with E-state index in [9.17, 15) is 14.4 Å². The van der Waals surface area contributed by atoms with Gasteiger partial charge in [-0.05, 0) is 36.9 Å². The fourth-order valence-electron chi connectivity index (χ4n) is 3.29. The summed E-state index contributed by atoms with van der Waals surface area (Å²) in [6.45, 7) is 1.78. The first-order chi connectivity index (χ1) is 12.5. The van der Waals surface area contributed by atoms with Crippen molar-refractivity contribution in [1.82, 2.24) is 15.3 Å². The van der Waals surface area contributed by atoms with Crippen LogP contribution in [0.2, 0.25) is 0 Å². The minimum Gasteiger partial charge on any atom is -0.475 e. The molecule has 0 aliphatic carbocycles. The van der Waals surface area contributed by atoms with Gasteiger partial charge in [-0.3, -0.25) is 14.4 Å². The van der Waals surface area contributed by atoms with Crippen molar-refractivity contribution in [3.8, 4) is 5.88 Å². The van der Waals surface area contributed by atoms with Crippen LogP contribution in [0.15, 0.2) is 35.4 Å². The molecular formula is C19H17N3O4. The molecule has 0 unspecified atom stereocenters. The molecule has 7 nitrogen and oxygen atoms in total. The number of benzene rings is 1. The van der Waals surface area contributed by atoms with Crippen LogP contribution in [-0.2, 0) is 4.79 Å². The lowest BCUT2D eigenvalue weighted by molar-refractivity contribution is -0.119. The van der Waals surface area contributed by atoms with E-state index in [0.29, 0.717) is 35.2 Å². The Hall–Kier alpha value is -3.22. The number of H-pyrrole nitrogens is 1. The van der Waals surface area contributed by atoms with E-state index in [-0.39, 0.29) is 23.3 Å². The zero-order chi connectivity index (χ0) is 18.3. The van der Waals surface area contributed by atoms with Gasteiger partial charge in [-0.25, -0.2) is 4.98 Å². The van der Waals surface area contributed by atoms with Gasteiger partial charge in [0.25, 0.3) is 5.56 Å². The molecule has 0 radical (unpaired) electrons. The summed E-state index contributed by atoms with van der Waals surface area (Å²) < 4.78 is 5.83. The van der Waals surface area contributed by atoms with Gasteiger partial charge in [0.2, 0.25) is 11.8 Å². The fraction of sp³-hybridized carbons (Fsp3) is 0.263. The normalized spacial score (nSPS) is 16.8. The highest BCUT2D eigenvalue weighted by molar-refractivity contribution is 6.10. The summed E-state index contributed by atoms with van der Waals surface area (Å²) in [6, 6.07) is 5.27. The van der Waals surface area contributed by atoms with Crippen molar-refractivity contribution >= 4 is 33.2 Å². The highest BCUT2D eigenvalue weighted by Crippen LogP contribution is 2.29. The second-order valence-corrected chi connectivity index (χ2v) is 6.44. The zero-order valence-corrected chi connectivity index (χ0v) is 14.2. The second-order valence-electron chi connectivity index (χ2n) is 6.44. The van der Waals surface area contributed by atoms with Gasteiger partial charge in [-0.15, -0.1) is 0 Å². The molecule has 2 N–H and O–H groups in total. The molecule has 1 fully saturated rings. The molecule has 1 amide bonds. The Bertz CT molecular complexity index is 1100. The first-order valence-electron chi connectivity index (χ1n) is 8.40. The van der Waals surface area contributed by atoms with Crippen LogP contribution >= 0.6 is 0 Å². The number of aromatic amines is 1. The number of nitrogens with zero attached hydrogens (tertiary/aromatic N) is 1. The second kappa shape index (κ2) is 6.25. The molecule has 3 aromatic rings. The number of Topliss-reactive ketones (excluding diaryl/α,β-unsaturated/α-hetero) is 1. The lowest BCUT2D eigenvalue weighted by atomic mass is 10.0. The number of hydrogen-bond acceptors (Lipinski definition) is 5. The molecular weight excluding hydrogens is 334 g/mol. The van der Waals surface area contributed by atoms with Crippen molar-refractivity contribution in [2.45, 2.75) is 25.8 Å². The molecule has 4 rings (SSSR count). The maximum Gasteiger partial charge on any atom is 0.255 e. The molecule has 7 heteroatoms. The number of ketones is 1. The first kappa shape index (κ1) is 16.3. The Morgan fingerprint density at radius 1 is 1.27 bits per heavy atom. The summed E-state index contributed by atoms with van der Waals surface area (Å²) in [5.74, 6) is 0.312. The maximum atomic E-state index is 12.2. The SMILES string of the molecule is CC(=O)c1c[nH]c(=O)c2cc3ccnc(OC[C@@H]4CCC(=O)N4)c3cc12. The predicted octanol–water partition coefficient (Wildman–Crippen LogP) is 1.94.